The van der Waals surface area contributed by atoms with Gasteiger partial charge in [0, 0.05) is 11.1 Å². The van der Waals surface area contributed by atoms with Gasteiger partial charge in [-0.1, -0.05) is 42.5 Å². The van der Waals surface area contributed by atoms with E-state index in [1.54, 1.807) is 30.3 Å². The summed E-state index contributed by atoms with van der Waals surface area (Å²) in [6.07, 6.45) is 1.37. The number of ether oxygens (including phenoxy) is 1. The van der Waals surface area contributed by atoms with E-state index in [4.69, 9.17) is 4.74 Å². The van der Waals surface area contributed by atoms with E-state index < -0.39 is 5.91 Å². The number of aromatic hydroxyl groups is 1. The van der Waals surface area contributed by atoms with E-state index in [2.05, 4.69) is 20.7 Å². The van der Waals surface area contributed by atoms with Crippen LogP contribution >= 0.6 is 0 Å². The summed E-state index contributed by atoms with van der Waals surface area (Å²) in [5.41, 5.74) is 5.76. The third kappa shape index (κ3) is 5.16. The van der Waals surface area contributed by atoms with Crippen molar-refractivity contribution in [1.82, 2.24) is 15.6 Å². The van der Waals surface area contributed by atoms with Gasteiger partial charge in [0.05, 0.1) is 11.9 Å². The van der Waals surface area contributed by atoms with Gasteiger partial charge in [0.15, 0.2) is 0 Å². The summed E-state index contributed by atoms with van der Waals surface area (Å²) in [6.45, 7) is 0.494. The molecule has 0 saturated heterocycles. The molecule has 0 saturated carbocycles. The second-order valence-electron chi connectivity index (χ2n) is 6.72. The first-order valence-electron chi connectivity index (χ1n) is 9.63. The number of phenols is 1. The summed E-state index contributed by atoms with van der Waals surface area (Å²) in [7, 11) is 0. The predicted molar refractivity (Wildman–Crippen MR) is 118 cm³/mol. The van der Waals surface area contributed by atoms with Crippen LogP contribution in [0.2, 0.25) is 0 Å². The van der Waals surface area contributed by atoms with Gasteiger partial charge in [0.1, 0.15) is 23.8 Å². The molecule has 3 aromatic carbocycles. The number of hydrazone groups is 1. The summed E-state index contributed by atoms with van der Waals surface area (Å²) in [5, 5.41) is 20.5. The molecule has 4 rings (SSSR count). The van der Waals surface area contributed by atoms with Gasteiger partial charge in [-0.15, -0.1) is 0 Å². The van der Waals surface area contributed by atoms with E-state index in [1.807, 2.05) is 54.6 Å². The fraction of sp³-hybridized carbons (Fsp3) is 0.0417. The minimum atomic E-state index is -0.437. The average Bonchev–Trinajstić information content (AvgIpc) is 3.30. The lowest BCUT2D eigenvalue weighted by Crippen LogP contribution is -2.18. The van der Waals surface area contributed by atoms with E-state index in [0.717, 1.165) is 16.9 Å². The number of hydrogen-bond acceptors (Lipinski definition) is 5. The maximum absolute atomic E-state index is 12.3. The van der Waals surface area contributed by atoms with E-state index in [1.165, 1.54) is 6.21 Å². The Labute approximate surface area is 179 Å². The van der Waals surface area contributed by atoms with Crippen molar-refractivity contribution in [1.29, 1.82) is 0 Å². The van der Waals surface area contributed by atoms with Crippen LogP contribution in [0.4, 0.5) is 0 Å². The molecule has 4 aromatic rings. The highest BCUT2D eigenvalue weighted by molar-refractivity contribution is 5.94. The van der Waals surface area contributed by atoms with Gasteiger partial charge in [-0.3, -0.25) is 9.89 Å². The Morgan fingerprint density at radius 1 is 1.03 bits per heavy atom. The Kier molecular flexibility index (Phi) is 6.04. The highest BCUT2D eigenvalue weighted by Gasteiger charge is 2.10. The van der Waals surface area contributed by atoms with Gasteiger partial charge < -0.3 is 9.84 Å². The molecule has 1 amide bonds. The van der Waals surface area contributed by atoms with Crippen molar-refractivity contribution in [2.75, 3.05) is 0 Å². The SMILES string of the molecule is O=C(N/N=C/c1ccccc1O)c1cc(-c2ccc(OCc3ccccc3)cc2)n[nH]1. The summed E-state index contributed by atoms with van der Waals surface area (Å²) in [4.78, 5) is 12.3. The topological polar surface area (TPSA) is 99.6 Å². The number of para-hydroxylation sites is 1. The van der Waals surface area contributed by atoms with Crippen molar-refractivity contribution in [2.45, 2.75) is 6.61 Å². The molecular weight excluding hydrogens is 392 g/mol. The Morgan fingerprint density at radius 3 is 2.55 bits per heavy atom. The molecule has 0 unspecified atom stereocenters. The number of phenolic OH excluding ortho intramolecular Hbond substituents is 1. The van der Waals surface area contributed by atoms with Crippen LogP contribution in [0, 0.1) is 0 Å². The lowest BCUT2D eigenvalue weighted by Gasteiger charge is -2.06. The maximum Gasteiger partial charge on any atom is 0.289 e. The molecule has 3 N–H and O–H groups in total. The zero-order valence-corrected chi connectivity index (χ0v) is 16.5. The normalized spacial score (nSPS) is 10.8. The van der Waals surface area contributed by atoms with E-state index in [0.29, 0.717) is 17.9 Å². The molecular formula is C24H20N4O3. The van der Waals surface area contributed by atoms with Gasteiger partial charge in [-0.2, -0.15) is 10.2 Å². The molecule has 0 fully saturated rings. The molecule has 7 heteroatoms. The molecule has 0 aliphatic carbocycles. The van der Waals surface area contributed by atoms with Gasteiger partial charge >= 0.3 is 0 Å². The third-order valence-corrected chi connectivity index (χ3v) is 4.53. The molecule has 154 valence electrons. The minimum Gasteiger partial charge on any atom is -0.507 e. The molecule has 0 aliphatic rings. The lowest BCUT2D eigenvalue weighted by molar-refractivity contribution is 0.0950. The quantitative estimate of drug-likeness (QED) is 0.314. The standard InChI is InChI=1S/C24H20N4O3/c29-23-9-5-4-8-19(23)15-25-28-24(30)22-14-21(26-27-22)18-10-12-20(13-11-18)31-16-17-6-2-1-3-7-17/h1-15,29H,16H2,(H,26,27)(H,28,30)/b25-15+. The van der Waals surface area contributed by atoms with Crippen molar-refractivity contribution < 1.29 is 14.6 Å². The second-order valence-corrected chi connectivity index (χ2v) is 6.72. The lowest BCUT2D eigenvalue weighted by atomic mass is 10.1. The number of aromatic nitrogens is 2. The molecule has 0 aliphatic heterocycles. The number of aromatic amines is 1. The zero-order chi connectivity index (χ0) is 21.5. The summed E-state index contributed by atoms with van der Waals surface area (Å²) in [6, 6.07) is 25.8. The third-order valence-electron chi connectivity index (χ3n) is 4.53. The molecule has 1 heterocycles. The van der Waals surface area contributed by atoms with Gasteiger partial charge in [0.2, 0.25) is 0 Å². The van der Waals surface area contributed by atoms with Crippen LogP contribution in [0.5, 0.6) is 11.5 Å². The maximum atomic E-state index is 12.3. The average molecular weight is 412 g/mol. The van der Waals surface area contributed by atoms with Crippen LogP contribution in [0.25, 0.3) is 11.3 Å². The Hall–Kier alpha value is -4.39. The summed E-state index contributed by atoms with van der Waals surface area (Å²) >= 11 is 0. The van der Waals surface area contributed by atoms with Crippen LogP contribution in [0.1, 0.15) is 21.6 Å². The number of carbonyl (C=O) groups is 1. The first kappa shape index (κ1) is 19.9. The second kappa shape index (κ2) is 9.41. The van der Waals surface area contributed by atoms with Crippen LogP contribution < -0.4 is 10.2 Å². The number of H-pyrrole nitrogens is 1. The Morgan fingerprint density at radius 2 is 1.77 bits per heavy atom. The van der Waals surface area contributed by atoms with E-state index in [9.17, 15) is 9.90 Å². The number of benzene rings is 3. The number of carbonyl (C=O) groups excluding carboxylic acids is 1. The van der Waals surface area contributed by atoms with Crippen molar-refractivity contribution in [2.24, 2.45) is 5.10 Å². The highest BCUT2D eigenvalue weighted by Crippen LogP contribution is 2.22. The van der Waals surface area contributed by atoms with Crippen molar-refractivity contribution >= 4 is 12.1 Å². The molecule has 31 heavy (non-hydrogen) atoms. The Balaban J connectivity index is 1.35. The van der Waals surface area contributed by atoms with Crippen LogP contribution in [-0.2, 0) is 6.61 Å². The zero-order valence-electron chi connectivity index (χ0n) is 16.5. The molecule has 0 bridgehead atoms. The highest BCUT2D eigenvalue weighted by atomic mass is 16.5. The van der Waals surface area contributed by atoms with Crippen molar-refractivity contribution in [3.05, 3.63) is 102 Å². The number of amides is 1. The fourth-order valence-electron chi connectivity index (χ4n) is 2.87. The van der Waals surface area contributed by atoms with Gasteiger partial charge in [-0.25, -0.2) is 5.43 Å². The summed E-state index contributed by atoms with van der Waals surface area (Å²) < 4.78 is 5.79. The van der Waals surface area contributed by atoms with Crippen LogP contribution in [0.15, 0.2) is 90.0 Å². The predicted octanol–water partition coefficient (Wildman–Crippen LogP) is 4.13. The van der Waals surface area contributed by atoms with Gasteiger partial charge in [-0.05, 0) is 48.0 Å². The number of nitrogens with zero attached hydrogens (tertiary/aromatic N) is 2. The molecule has 0 radical (unpaired) electrons. The first-order valence-corrected chi connectivity index (χ1v) is 9.63. The van der Waals surface area contributed by atoms with Crippen LogP contribution in [0.3, 0.4) is 0 Å². The largest absolute Gasteiger partial charge is 0.507 e. The number of rotatable bonds is 7. The fourth-order valence-corrected chi connectivity index (χ4v) is 2.87. The van der Waals surface area contributed by atoms with Gasteiger partial charge in [0.25, 0.3) is 5.91 Å². The minimum absolute atomic E-state index is 0.0838. The Bertz CT molecular complexity index is 1180. The van der Waals surface area contributed by atoms with E-state index in [-0.39, 0.29) is 11.4 Å². The summed E-state index contributed by atoms with van der Waals surface area (Å²) in [5.74, 6) is 0.397. The first-order chi connectivity index (χ1) is 15.2. The van der Waals surface area contributed by atoms with E-state index >= 15 is 0 Å². The monoisotopic (exact) mass is 412 g/mol. The van der Waals surface area contributed by atoms with Crippen molar-refractivity contribution in [3.8, 4) is 22.8 Å². The number of nitrogens with one attached hydrogen (secondary N) is 2. The molecule has 7 nitrogen and oxygen atoms in total. The molecule has 0 spiro atoms. The molecule has 0 atom stereocenters. The van der Waals surface area contributed by atoms with Crippen molar-refractivity contribution in [3.63, 3.8) is 0 Å². The molecule has 1 aromatic heterocycles. The van der Waals surface area contributed by atoms with Crippen LogP contribution in [-0.4, -0.2) is 27.4 Å². The smallest absolute Gasteiger partial charge is 0.289 e. The number of hydrogen-bond donors (Lipinski definition) is 3.